The average molecular weight is 359 g/mol. The van der Waals surface area contributed by atoms with E-state index in [0.717, 1.165) is 15.6 Å². The summed E-state index contributed by atoms with van der Waals surface area (Å²) in [6.07, 6.45) is 1.04. The molecule has 0 bridgehead atoms. The Kier molecular flexibility index (Phi) is 4.44. The fourth-order valence-corrected chi connectivity index (χ4v) is 2.88. The van der Waals surface area contributed by atoms with Crippen LogP contribution in [0.5, 0.6) is 0 Å². The van der Waals surface area contributed by atoms with Crippen molar-refractivity contribution in [1.82, 2.24) is 19.5 Å². The van der Waals surface area contributed by atoms with Crippen molar-refractivity contribution in [3.63, 3.8) is 0 Å². The van der Waals surface area contributed by atoms with E-state index in [1.165, 1.54) is 17.4 Å². The highest BCUT2D eigenvalue weighted by Crippen LogP contribution is 2.08. The summed E-state index contributed by atoms with van der Waals surface area (Å²) in [5.74, 6) is -0.861. The first-order chi connectivity index (χ1) is 11.9. The maximum atomic E-state index is 12.5. The summed E-state index contributed by atoms with van der Waals surface area (Å²) in [5, 5.41) is 4.17. The Labute approximate surface area is 144 Å². The Bertz CT molecular complexity index is 1090. The zero-order valence-electron chi connectivity index (χ0n) is 13.0. The van der Waals surface area contributed by atoms with Crippen molar-refractivity contribution in [1.29, 1.82) is 0 Å². The number of thiophene rings is 1. The fourth-order valence-electron chi connectivity index (χ4n) is 2.19. The van der Waals surface area contributed by atoms with Gasteiger partial charge in [-0.05, 0) is 18.4 Å². The van der Waals surface area contributed by atoms with Gasteiger partial charge in [0.15, 0.2) is 0 Å². The van der Waals surface area contributed by atoms with E-state index in [9.17, 15) is 19.2 Å². The van der Waals surface area contributed by atoms with Crippen LogP contribution in [0.15, 0.2) is 44.2 Å². The Morgan fingerprint density at radius 1 is 1.36 bits per heavy atom. The number of aryl methyl sites for hydroxylation is 1. The molecule has 10 heteroatoms. The Balaban J connectivity index is 1.94. The molecule has 0 spiro atoms. The lowest BCUT2D eigenvalue weighted by Crippen LogP contribution is -2.39. The molecule has 3 rings (SSSR count). The topological polar surface area (TPSA) is 130 Å². The van der Waals surface area contributed by atoms with E-state index in [-0.39, 0.29) is 18.1 Å². The first-order valence-corrected chi connectivity index (χ1v) is 8.06. The lowest BCUT2D eigenvalue weighted by Gasteiger charge is -2.07. The van der Waals surface area contributed by atoms with Gasteiger partial charge in [0.05, 0.1) is 6.54 Å². The summed E-state index contributed by atoms with van der Waals surface area (Å²) in [7, 11) is 0. The van der Waals surface area contributed by atoms with Crippen molar-refractivity contribution in [3.05, 3.63) is 77.1 Å². The molecule has 1 amide bonds. The third kappa shape index (κ3) is 3.63. The molecule has 0 atom stereocenters. The van der Waals surface area contributed by atoms with Crippen LogP contribution in [-0.2, 0) is 6.54 Å². The molecule has 3 aromatic rings. The molecular weight excluding hydrogens is 346 g/mol. The zero-order chi connectivity index (χ0) is 18.0. The van der Waals surface area contributed by atoms with Gasteiger partial charge in [0, 0.05) is 22.8 Å². The second-order valence-corrected chi connectivity index (χ2v) is 6.20. The van der Waals surface area contributed by atoms with Crippen LogP contribution in [0.1, 0.15) is 20.9 Å². The van der Waals surface area contributed by atoms with E-state index < -0.39 is 22.7 Å². The largest absolute Gasteiger partial charge is 0.328 e. The first kappa shape index (κ1) is 16.6. The molecule has 0 radical (unpaired) electrons. The maximum absolute atomic E-state index is 12.5. The molecule has 25 heavy (non-hydrogen) atoms. The molecule has 0 fully saturated rings. The normalized spacial score (nSPS) is 10.6. The number of carbonyl (C=O) groups is 1. The predicted octanol–water partition coefficient (Wildman–Crippen LogP) is 0.290. The minimum atomic E-state index is -0.782. The van der Waals surface area contributed by atoms with Gasteiger partial charge in [-0.1, -0.05) is 6.07 Å². The van der Waals surface area contributed by atoms with Crippen molar-refractivity contribution in [2.45, 2.75) is 13.5 Å². The highest BCUT2D eigenvalue weighted by molar-refractivity contribution is 7.09. The summed E-state index contributed by atoms with van der Waals surface area (Å²) in [4.78, 5) is 57.6. The number of hydrogen-bond acceptors (Lipinski definition) is 6. The van der Waals surface area contributed by atoms with Crippen molar-refractivity contribution in [3.8, 4) is 0 Å². The smallest absolute Gasteiger partial charge is 0.313 e. The molecule has 128 valence electrons. The first-order valence-electron chi connectivity index (χ1n) is 7.18. The molecule has 0 aliphatic heterocycles. The highest BCUT2D eigenvalue weighted by Gasteiger charge is 2.16. The van der Waals surface area contributed by atoms with Gasteiger partial charge in [-0.3, -0.25) is 29.3 Å². The van der Waals surface area contributed by atoms with Crippen LogP contribution in [-0.4, -0.2) is 25.4 Å². The number of H-pyrrole nitrogens is 2. The van der Waals surface area contributed by atoms with Crippen LogP contribution >= 0.6 is 11.3 Å². The lowest BCUT2D eigenvalue weighted by atomic mass is 10.3. The van der Waals surface area contributed by atoms with Gasteiger partial charge in [0.2, 0.25) is 5.95 Å². The van der Waals surface area contributed by atoms with Crippen molar-refractivity contribution >= 4 is 23.2 Å². The number of carbonyl (C=O) groups excluding carboxylic acids is 1. The van der Waals surface area contributed by atoms with E-state index >= 15 is 0 Å². The Hall–Kier alpha value is -3.27. The summed E-state index contributed by atoms with van der Waals surface area (Å²) in [5.41, 5.74) is -1.63. The SMILES string of the molecule is Cc1cc(=O)[nH]c(NC(=O)c2c[nH]c(=O)n(Cc3cccs3)c2=O)n1. The summed E-state index contributed by atoms with van der Waals surface area (Å²) in [6, 6.07) is 4.85. The third-order valence-corrected chi connectivity index (χ3v) is 4.16. The second-order valence-electron chi connectivity index (χ2n) is 5.17. The Morgan fingerprint density at radius 3 is 2.84 bits per heavy atom. The van der Waals surface area contributed by atoms with Crippen LogP contribution < -0.4 is 22.1 Å². The van der Waals surface area contributed by atoms with Gasteiger partial charge >= 0.3 is 5.69 Å². The molecule has 3 heterocycles. The Morgan fingerprint density at radius 2 is 2.16 bits per heavy atom. The number of rotatable bonds is 4. The van der Waals surface area contributed by atoms with E-state index in [4.69, 9.17) is 0 Å². The lowest BCUT2D eigenvalue weighted by molar-refractivity contribution is 0.102. The highest BCUT2D eigenvalue weighted by atomic mass is 32.1. The monoisotopic (exact) mass is 359 g/mol. The minimum Gasteiger partial charge on any atom is -0.313 e. The maximum Gasteiger partial charge on any atom is 0.328 e. The van der Waals surface area contributed by atoms with Crippen molar-refractivity contribution in [2.75, 3.05) is 5.32 Å². The molecule has 3 aromatic heterocycles. The number of aromatic nitrogens is 4. The van der Waals surface area contributed by atoms with Gasteiger partial charge in [-0.15, -0.1) is 11.3 Å². The number of amides is 1. The van der Waals surface area contributed by atoms with Crippen molar-refractivity contribution in [2.24, 2.45) is 0 Å². The van der Waals surface area contributed by atoms with E-state index in [0.29, 0.717) is 5.69 Å². The number of anilines is 1. The molecule has 0 aliphatic carbocycles. The minimum absolute atomic E-state index is 0.0620. The second kappa shape index (κ2) is 6.69. The van der Waals surface area contributed by atoms with Gasteiger partial charge in [-0.2, -0.15) is 0 Å². The van der Waals surface area contributed by atoms with Crippen LogP contribution in [0.4, 0.5) is 5.95 Å². The molecule has 9 nitrogen and oxygen atoms in total. The number of nitrogens with one attached hydrogen (secondary N) is 3. The van der Waals surface area contributed by atoms with Gasteiger partial charge in [0.1, 0.15) is 5.56 Å². The molecule has 0 aromatic carbocycles. The quantitative estimate of drug-likeness (QED) is 0.616. The third-order valence-electron chi connectivity index (χ3n) is 3.30. The predicted molar refractivity (Wildman–Crippen MR) is 92.3 cm³/mol. The van der Waals surface area contributed by atoms with Crippen LogP contribution in [0.3, 0.4) is 0 Å². The zero-order valence-corrected chi connectivity index (χ0v) is 13.8. The van der Waals surface area contributed by atoms with Crippen LogP contribution in [0, 0.1) is 6.92 Å². The van der Waals surface area contributed by atoms with Crippen molar-refractivity contribution < 1.29 is 4.79 Å². The summed E-state index contributed by atoms with van der Waals surface area (Å²) < 4.78 is 0.938. The van der Waals surface area contributed by atoms with Crippen LogP contribution in [0.2, 0.25) is 0 Å². The number of nitrogens with zero attached hydrogens (tertiary/aromatic N) is 2. The standard InChI is InChI=1S/C15H13N5O4S/c1-8-5-11(21)18-14(17-8)19-12(22)10-6-16-15(24)20(13(10)23)7-9-3-2-4-25-9/h2-6H,7H2,1H3,(H,16,24)(H2,17,18,19,21,22). The average Bonchev–Trinajstić information content (AvgIpc) is 3.03. The molecular formula is C15H13N5O4S. The molecule has 0 saturated carbocycles. The van der Waals surface area contributed by atoms with Gasteiger partial charge < -0.3 is 4.98 Å². The van der Waals surface area contributed by atoms with Gasteiger partial charge in [0.25, 0.3) is 17.0 Å². The van der Waals surface area contributed by atoms with E-state index in [1.807, 2.05) is 5.38 Å². The van der Waals surface area contributed by atoms with E-state index in [2.05, 4.69) is 20.3 Å². The van der Waals surface area contributed by atoms with E-state index in [1.54, 1.807) is 19.1 Å². The van der Waals surface area contributed by atoms with Gasteiger partial charge in [-0.25, -0.2) is 9.78 Å². The molecule has 3 N–H and O–H groups in total. The molecule has 0 aliphatic rings. The summed E-state index contributed by atoms with van der Waals surface area (Å²) >= 11 is 1.39. The number of hydrogen-bond donors (Lipinski definition) is 3. The fraction of sp³-hybridized carbons (Fsp3) is 0.133. The van der Waals surface area contributed by atoms with Crippen LogP contribution in [0.25, 0.3) is 0 Å². The summed E-state index contributed by atoms with van der Waals surface area (Å²) in [6.45, 7) is 1.66. The number of aromatic amines is 2. The molecule has 0 unspecified atom stereocenters. The molecule has 0 saturated heterocycles.